The predicted molar refractivity (Wildman–Crippen MR) is 70.7 cm³/mol. The zero-order valence-electron chi connectivity index (χ0n) is 10.1. The molecule has 2 aromatic carbocycles. The summed E-state index contributed by atoms with van der Waals surface area (Å²) in [5.41, 5.74) is 2.04. The fourth-order valence-corrected chi connectivity index (χ4v) is 1.59. The molecule has 2 rings (SSSR count). The number of carbonyl (C=O) groups excluding carboxylic acids is 1. The largest absolute Gasteiger partial charge is 0.461 e. The van der Waals surface area contributed by atoms with E-state index in [1.807, 2.05) is 67.1 Å². The molecule has 0 spiro atoms. The van der Waals surface area contributed by atoms with Gasteiger partial charge in [-0.05, 0) is 11.1 Å². The number of esters is 1. The fraction of sp³-hybridized carbons (Fsp3) is 0.125. The second-order valence-corrected chi connectivity index (χ2v) is 3.97. The molecule has 18 heavy (non-hydrogen) atoms. The van der Waals surface area contributed by atoms with Gasteiger partial charge in [-0.3, -0.25) is 4.79 Å². The van der Waals surface area contributed by atoms with Crippen LogP contribution >= 0.6 is 0 Å². The van der Waals surface area contributed by atoms with E-state index < -0.39 is 0 Å². The summed E-state index contributed by atoms with van der Waals surface area (Å²) in [6.45, 7) is 0.336. The lowest BCUT2D eigenvalue weighted by Gasteiger charge is -2.04. The lowest BCUT2D eigenvalue weighted by atomic mass is 10.1. The van der Waals surface area contributed by atoms with Gasteiger partial charge in [-0.25, -0.2) is 0 Å². The van der Waals surface area contributed by atoms with Crippen LogP contribution in [0.3, 0.4) is 0 Å². The van der Waals surface area contributed by atoms with Crippen LogP contribution in [0.4, 0.5) is 0 Å². The second kappa shape index (κ2) is 6.60. The van der Waals surface area contributed by atoms with Crippen molar-refractivity contribution < 1.29 is 9.53 Å². The molecule has 0 saturated carbocycles. The highest BCUT2D eigenvalue weighted by Crippen LogP contribution is 2.07. The zero-order valence-corrected chi connectivity index (χ0v) is 10.1. The van der Waals surface area contributed by atoms with Crippen molar-refractivity contribution >= 4 is 5.97 Å². The predicted octanol–water partition coefficient (Wildman–Crippen LogP) is 3.37. The molecular formula is C16H15O2. The summed E-state index contributed by atoms with van der Waals surface area (Å²) < 4.78 is 5.18. The summed E-state index contributed by atoms with van der Waals surface area (Å²) in [5.74, 6) is -0.206. The maximum absolute atomic E-state index is 11.5. The number of hydrogen-bond donors (Lipinski definition) is 0. The van der Waals surface area contributed by atoms with E-state index in [0.717, 1.165) is 11.1 Å². The Bertz CT molecular complexity index is 431. The number of ether oxygens (including phenoxy) is 1. The molecule has 2 heteroatoms. The Morgan fingerprint density at radius 2 is 1.56 bits per heavy atom. The molecule has 0 aliphatic heterocycles. The molecule has 0 bridgehead atoms. The Balaban J connectivity index is 1.73. The molecule has 0 fully saturated rings. The van der Waals surface area contributed by atoms with Crippen molar-refractivity contribution in [2.24, 2.45) is 0 Å². The monoisotopic (exact) mass is 239 g/mol. The lowest BCUT2D eigenvalue weighted by Crippen LogP contribution is -2.04. The SMILES string of the molecule is O=C(C[CH]c1ccccc1)OCc1ccccc1. The van der Waals surface area contributed by atoms with Crippen molar-refractivity contribution in [2.45, 2.75) is 13.0 Å². The Labute approximate surface area is 107 Å². The Kier molecular flexibility index (Phi) is 4.53. The van der Waals surface area contributed by atoms with Gasteiger partial charge in [0.05, 0.1) is 6.42 Å². The van der Waals surface area contributed by atoms with Crippen molar-refractivity contribution in [2.75, 3.05) is 0 Å². The molecule has 0 heterocycles. The van der Waals surface area contributed by atoms with Gasteiger partial charge in [0.25, 0.3) is 0 Å². The van der Waals surface area contributed by atoms with Crippen LogP contribution < -0.4 is 0 Å². The smallest absolute Gasteiger partial charge is 0.306 e. The zero-order chi connectivity index (χ0) is 12.6. The maximum atomic E-state index is 11.5. The van der Waals surface area contributed by atoms with Crippen LogP contribution in [0.2, 0.25) is 0 Å². The van der Waals surface area contributed by atoms with Crippen LogP contribution in [0.5, 0.6) is 0 Å². The molecule has 91 valence electrons. The van der Waals surface area contributed by atoms with Gasteiger partial charge in [0.1, 0.15) is 6.61 Å². The average Bonchev–Trinajstić information content (AvgIpc) is 2.45. The van der Waals surface area contributed by atoms with E-state index in [4.69, 9.17) is 4.74 Å². The van der Waals surface area contributed by atoms with Crippen LogP contribution in [0.1, 0.15) is 17.5 Å². The summed E-state index contributed by atoms with van der Waals surface area (Å²) in [6.07, 6.45) is 2.17. The van der Waals surface area contributed by atoms with Crippen LogP contribution in [0.15, 0.2) is 60.7 Å². The Hall–Kier alpha value is -2.09. The van der Waals surface area contributed by atoms with Gasteiger partial charge < -0.3 is 4.74 Å². The van der Waals surface area contributed by atoms with Gasteiger partial charge in [-0.2, -0.15) is 0 Å². The van der Waals surface area contributed by atoms with Gasteiger partial charge >= 0.3 is 5.97 Å². The molecule has 1 radical (unpaired) electrons. The fourth-order valence-electron chi connectivity index (χ4n) is 1.59. The minimum atomic E-state index is -0.206. The number of carbonyl (C=O) groups is 1. The van der Waals surface area contributed by atoms with Crippen molar-refractivity contribution in [3.05, 3.63) is 78.2 Å². The average molecular weight is 239 g/mol. The van der Waals surface area contributed by atoms with Gasteiger partial charge in [0.15, 0.2) is 0 Å². The maximum Gasteiger partial charge on any atom is 0.306 e. The van der Waals surface area contributed by atoms with Gasteiger partial charge in [0, 0.05) is 6.42 Å². The van der Waals surface area contributed by atoms with E-state index in [1.54, 1.807) is 0 Å². The van der Waals surface area contributed by atoms with Crippen LogP contribution in [-0.2, 0) is 16.1 Å². The number of rotatable bonds is 5. The molecule has 0 amide bonds. The standard InChI is InChI=1S/C16H15O2/c17-16(12-11-14-7-3-1-4-8-14)18-13-15-9-5-2-6-10-15/h1-11H,12-13H2. The Morgan fingerprint density at radius 1 is 0.944 bits per heavy atom. The molecule has 0 atom stereocenters. The topological polar surface area (TPSA) is 26.3 Å². The van der Waals surface area contributed by atoms with Crippen LogP contribution in [-0.4, -0.2) is 5.97 Å². The van der Waals surface area contributed by atoms with Gasteiger partial charge in [0.2, 0.25) is 0 Å². The minimum absolute atomic E-state index is 0.206. The molecule has 0 unspecified atom stereocenters. The molecule has 2 nitrogen and oxygen atoms in total. The summed E-state index contributed by atoms with van der Waals surface area (Å²) >= 11 is 0. The highest BCUT2D eigenvalue weighted by atomic mass is 16.5. The first-order valence-electron chi connectivity index (χ1n) is 5.92. The quantitative estimate of drug-likeness (QED) is 0.748. The summed E-state index contributed by atoms with van der Waals surface area (Å²) in [7, 11) is 0. The van der Waals surface area contributed by atoms with E-state index in [-0.39, 0.29) is 5.97 Å². The van der Waals surface area contributed by atoms with Gasteiger partial charge in [-0.15, -0.1) is 0 Å². The molecule has 0 aliphatic rings. The van der Waals surface area contributed by atoms with Crippen LogP contribution in [0, 0.1) is 6.42 Å². The van der Waals surface area contributed by atoms with E-state index in [9.17, 15) is 4.79 Å². The third kappa shape index (κ3) is 4.06. The summed E-state index contributed by atoms with van der Waals surface area (Å²) in [6, 6.07) is 19.4. The van der Waals surface area contributed by atoms with Crippen LogP contribution in [0.25, 0.3) is 0 Å². The van der Waals surface area contributed by atoms with E-state index in [2.05, 4.69) is 0 Å². The molecule has 0 aliphatic carbocycles. The third-order valence-corrected chi connectivity index (χ3v) is 2.55. The molecule has 0 aromatic heterocycles. The number of hydrogen-bond acceptors (Lipinski definition) is 2. The molecule has 0 saturated heterocycles. The summed E-state index contributed by atoms with van der Waals surface area (Å²) in [4.78, 5) is 11.5. The van der Waals surface area contributed by atoms with Crippen molar-refractivity contribution in [3.63, 3.8) is 0 Å². The molecular weight excluding hydrogens is 224 g/mol. The number of benzene rings is 2. The second-order valence-electron chi connectivity index (χ2n) is 3.97. The highest BCUT2D eigenvalue weighted by Gasteiger charge is 2.04. The highest BCUT2D eigenvalue weighted by molar-refractivity contribution is 5.71. The first-order valence-corrected chi connectivity index (χ1v) is 5.92. The van der Waals surface area contributed by atoms with E-state index in [0.29, 0.717) is 13.0 Å². The minimum Gasteiger partial charge on any atom is -0.461 e. The van der Waals surface area contributed by atoms with E-state index in [1.165, 1.54) is 0 Å². The third-order valence-electron chi connectivity index (χ3n) is 2.55. The van der Waals surface area contributed by atoms with E-state index >= 15 is 0 Å². The molecule has 2 aromatic rings. The van der Waals surface area contributed by atoms with Gasteiger partial charge in [-0.1, -0.05) is 60.7 Å². The van der Waals surface area contributed by atoms with Crippen molar-refractivity contribution in [3.8, 4) is 0 Å². The normalized spacial score (nSPS) is 10.0. The lowest BCUT2D eigenvalue weighted by molar-refractivity contribution is -0.144. The van der Waals surface area contributed by atoms with Crippen molar-refractivity contribution in [1.82, 2.24) is 0 Å². The first-order chi connectivity index (χ1) is 8.84. The molecule has 0 N–H and O–H groups in total. The first kappa shape index (κ1) is 12.4. The Morgan fingerprint density at radius 3 is 2.22 bits per heavy atom. The van der Waals surface area contributed by atoms with Crippen molar-refractivity contribution in [1.29, 1.82) is 0 Å². The summed E-state index contributed by atoms with van der Waals surface area (Å²) in [5, 5.41) is 0.